The molecule has 7 rings (SSSR count). The van der Waals surface area contributed by atoms with Crippen molar-refractivity contribution >= 4 is 35.7 Å². The van der Waals surface area contributed by atoms with Crippen molar-refractivity contribution < 1.29 is 67.8 Å². The number of nitrogens with zero attached hydrogens (tertiary/aromatic N) is 1. The van der Waals surface area contributed by atoms with Crippen LogP contribution in [0.15, 0.2) is 102 Å². The maximum Gasteiger partial charge on any atom is 0.410 e. The summed E-state index contributed by atoms with van der Waals surface area (Å²) in [5.74, 6) is -6.01. The molecule has 2 saturated carbocycles. The maximum absolute atomic E-state index is 15.7. The molecule has 4 aliphatic rings. The average molecular weight is 883 g/mol. The van der Waals surface area contributed by atoms with Crippen LogP contribution in [0.1, 0.15) is 79.8 Å². The first-order valence-electron chi connectivity index (χ1n) is 21.1. The van der Waals surface area contributed by atoms with Crippen LogP contribution < -0.4 is 5.32 Å². The minimum atomic E-state index is -2.41. The molecular weight excluding hydrogens is 829 g/mol. The number of hydrogen-bond donors (Lipinski definition) is 4. The third-order valence-corrected chi connectivity index (χ3v) is 13.8. The number of benzene rings is 3. The molecule has 2 bridgehead atoms. The van der Waals surface area contributed by atoms with Gasteiger partial charge in [0.2, 0.25) is 0 Å². The molecule has 0 spiro atoms. The molecule has 16 heteroatoms. The number of carbonyl (C=O) groups is 6. The highest BCUT2D eigenvalue weighted by Gasteiger charge is 2.78. The highest BCUT2D eigenvalue weighted by atomic mass is 16.6. The molecular formula is C48H54N2O14. The lowest BCUT2D eigenvalue weighted by Crippen LogP contribution is -2.82. The molecule has 340 valence electrons. The Morgan fingerprint density at radius 3 is 1.98 bits per heavy atom. The zero-order valence-corrected chi connectivity index (χ0v) is 36.7. The normalized spacial score (nSPS) is 31.2. The van der Waals surface area contributed by atoms with Crippen LogP contribution in [0, 0.1) is 16.7 Å². The minimum Gasteiger partial charge on any atom is -0.456 e. The van der Waals surface area contributed by atoms with Crippen molar-refractivity contribution in [2.75, 3.05) is 20.7 Å². The van der Waals surface area contributed by atoms with E-state index in [1.807, 2.05) is 0 Å². The fourth-order valence-corrected chi connectivity index (χ4v) is 10.2. The number of aliphatic hydroxyl groups excluding tert-OH is 2. The van der Waals surface area contributed by atoms with Crippen molar-refractivity contribution in [2.45, 2.75) is 101 Å². The standard InChI is InChI=1S/C48H54N2O14/c1-26-31(61-43(57)36(53)35(28-17-11-8-12-18-28)49-41(55)29-19-13-9-14-20-29)24-48(59)40(63-42(56)30-21-15-10-16-22-30)38-46(5,32(52)23-33-47(38,25-60-33)64-27(2)51)39(54)37(34(26)45(48,3)4)62-44(58)50(6)7/h8-22,31-33,35-38,40,52-53,59H,23-25H2,1-7H3,(H,49,55)/t31-,32-,33+,35-,36+,37+,38?,40?,46+,47-,48+/m0/s1. The number of nitrogens with one attached hydrogen (secondary N) is 1. The van der Waals surface area contributed by atoms with Gasteiger partial charge in [-0.05, 0) is 54.8 Å². The Morgan fingerprint density at radius 2 is 1.44 bits per heavy atom. The smallest absolute Gasteiger partial charge is 0.410 e. The Morgan fingerprint density at radius 1 is 0.859 bits per heavy atom. The summed E-state index contributed by atoms with van der Waals surface area (Å²) in [7, 11) is 2.80. The van der Waals surface area contributed by atoms with E-state index in [1.54, 1.807) is 92.7 Å². The molecule has 2 unspecified atom stereocenters. The van der Waals surface area contributed by atoms with Gasteiger partial charge in [0.15, 0.2) is 23.6 Å². The summed E-state index contributed by atoms with van der Waals surface area (Å²) in [6, 6.07) is 22.9. The van der Waals surface area contributed by atoms with Crippen LogP contribution in [0.5, 0.6) is 0 Å². The van der Waals surface area contributed by atoms with Crippen molar-refractivity contribution in [3.8, 4) is 0 Å². The van der Waals surface area contributed by atoms with Crippen LogP contribution in [0.25, 0.3) is 0 Å². The zero-order chi connectivity index (χ0) is 46.5. The second-order valence-electron chi connectivity index (χ2n) is 18.0. The van der Waals surface area contributed by atoms with Gasteiger partial charge in [-0.15, -0.1) is 0 Å². The average Bonchev–Trinajstić information content (AvgIpc) is 3.26. The van der Waals surface area contributed by atoms with E-state index in [-0.39, 0.29) is 35.3 Å². The van der Waals surface area contributed by atoms with Gasteiger partial charge in [0.1, 0.15) is 23.9 Å². The van der Waals surface area contributed by atoms with Crippen LogP contribution in [0.4, 0.5) is 4.79 Å². The fourth-order valence-electron chi connectivity index (χ4n) is 10.2. The summed E-state index contributed by atoms with van der Waals surface area (Å²) in [6.07, 6.45) is -11.6. The van der Waals surface area contributed by atoms with Crippen LogP contribution in [-0.2, 0) is 38.1 Å². The molecule has 4 N–H and O–H groups in total. The van der Waals surface area contributed by atoms with E-state index in [4.69, 9.17) is 23.7 Å². The Bertz CT molecular complexity index is 2340. The largest absolute Gasteiger partial charge is 0.456 e. The Labute approximate surface area is 370 Å². The summed E-state index contributed by atoms with van der Waals surface area (Å²) in [6.45, 7) is 6.88. The summed E-state index contributed by atoms with van der Waals surface area (Å²) in [4.78, 5) is 85.6. The number of esters is 3. The highest BCUT2D eigenvalue weighted by molar-refractivity contribution is 5.96. The van der Waals surface area contributed by atoms with Gasteiger partial charge in [-0.1, -0.05) is 80.6 Å². The molecule has 3 aromatic rings. The van der Waals surface area contributed by atoms with Gasteiger partial charge in [-0.2, -0.15) is 0 Å². The predicted octanol–water partition coefficient (Wildman–Crippen LogP) is 3.87. The second-order valence-corrected chi connectivity index (χ2v) is 18.0. The molecule has 1 saturated heterocycles. The van der Waals surface area contributed by atoms with Gasteiger partial charge in [0.25, 0.3) is 5.91 Å². The second kappa shape index (κ2) is 17.2. The molecule has 11 atom stereocenters. The molecule has 2 amide bonds. The highest BCUT2D eigenvalue weighted by Crippen LogP contribution is 2.64. The molecule has 16 nitrogen and oxygen atoms in total. The first-order chi connectivity index (χ1) is 30.2. The maximum atomic E-state index is 15.7. The van der Waals surface area contributed by atoms with E-state index in [1.165, 1.54) is 40.1 Å². The summed E-state index contributed by atoms with van der Waals surface area (Å²) in [5.41, 5.74) is -7.17. The van der Waals surface area contributed by atoms with Crippen molar-refractivity contribution in [1.82, 2.24) is 10.2 Å². The fraction of sp³-hybridized carbons (Fsp3) is 0.458. The molecule has 1 heterocycles. The molecule has 1 aliphatic heterocycles. The molecule has 64 heavy (non-hydrogen) atoms. The van der Waals surface area contributed by atoms with Crippen LogP contribution >= 0.6 is 0 Å². The summed E-state index contributed by atoms with van der Waals surface area (Å²) < 4.78 is 30.6. The Hall–Kier alpha value is -5.94. The number of ketones is 1. The van der Waals surface area contributed by atoms with Crippen molar-refractivity contribution in [3.63, 3.8) is 0 Å². The van der Waals surface area contributed by atoms with Gasteiger partial charge in [-0.3, -0.25) is 14.4 Å². The van der Waals surface area contributed by atoms with E-state index in [0.29, 0.717) is 5.56 Å². The quantitative estimate of drug-likeness (QED) is 0.129. The predicted molar refractivity (Wildman–Crippen MR) is 226 cm³/mol. The number of hydrogen-bond acceptors (Lipinski definition) is 14. The Kier molecular flexibility index (Phi) is 12.4. The number of fused-ring (bicyclic) bond motifs is 5. The number of rotatable bonds is 10. The minimum absolute atomic E-state index is 0.0214. The number of Topliss-reactive ketones (excluding diaryl/α,β-unsaturated/α-hetero) is 1. The monoisotopic (exact) mass is 882 g/mol. The van der Waals surface area contributed by atoms with E-state index in [2.05, 4.69) is 5.32 Å². The molecule has 3 aromatic carbocycles. The lowest BCUT2D eigenvalue weighted by atomic mass is 9.44. The van der Waals surface area contributed by atoms with Crippen molar-refractivity contribution in [1.29, 1.82) is 0 Å². The number of amides is 2. The van der Waals surface area contributed by atoms with Gasteiger partial charge >= 0.3 is 24.0 Å². The van der Waals surface area contributed by atoms with E-state index < -0.39 is 113 Å². The third-order valence-electron chi connectivity index (χ3n) is 13.8. The molecule has 3 aliphatic carbocycles. The van der Waals surface area contributed by atoms with Gasteiger partial charge in [-0.25, -0.2) is 14.4 Å². The number of ether oxygens (including phenoxy) is 5. The lowest BCUT2D eigenvalue weighted by Gasteiger charge is -2.67. The van der Waals surface area contributed by atoms with Gasteiger partial charge < -0.3 is 49.2 Å². The van der Waals surface area contributed by atoms with Crippen molar-refractivity contribution in [3.05, 3.63) is 119 Å². The summed E-state index contributed by atoms with van der Waals surface area (Å²) >= 11 is 0. The molecule has 0 aromatic heterocycles. The Balaban J connectivity index is 1.40. The van der Waals surface area contributed by atoms with E-state index >= 15 is 4.79 Å². The number of aliphatic hydroxyl groups is 3. The van der Waals surface area contributed by atoms with Crippen molar-refractivity contribution in [2.24, 2.45) is 16.7 Å². The van der Waals surface area contributed by atoms with E-state index in [9.17, 15) is 39.3 Å². The first-order valence-corrected chi connectivity index (χ1v) is 21.1. The SMILES string of the molecule is CC(=O)O[C@@]12CO[C@@H]1C[C@H](O)[C@@]1(C)C(=O)[C@H](OC(=O)N(C)C)C3=C(C)[C@@H](OC(=O)[C@H](O)[C@@H](NC(=O)c4ccccc4)c4ccccc4)C[C@@](O)(C(OC(=O)c4ccccc4)C12)C3(C)C. The van der Waals surface area contributed by atoms with Crippen LogP contribution in [0.2, 0.25) is 0 Å². The number of carbonyl (C=O) groups excluding carboxylic acids is 6. The molecule has 3 fully saturated rings. The lowest BCUT2D eigenvalue weighted by molar-refractivity contribution is -0.345. The van der Waals surface area contributed by atoms with Crippen LogP contribution in [-0.4, -0.2) is 124 Å². The zero-order valence-electron chi connectivity index (χ0n) is 36.7. The molecule has 0 radical (unpaired) electrons. The van der Waals surface area contributed by atoms with Crippen LogP contribution in [0.3, 0.4) is 0 Å². The van der Waals surface area contributed by atoms with Gasteiger partial charge in [0, 0.05) is 44.8 Å². The third kappa shape index (κ3) is 7.65. The topological polar surface area (TPSA) is 225 Å². The van der Waals surface area contributed by atoms with E-state index in [0.717, 1.165) is 11.8 Å². The van der Waals surface area contributed by atoms with Gasteiger partial charge in [0.05, 0.1) is 35.6 Å². The summed E-state index contributed by atoms with van der Waals surface area (Å²) in [5, 5.41) is 40.5. The first kappa shape index (κ1) is 46.1.